The van der Waals surface area contributed by atoms with E-state index in [0.717, 1.165) is 18.4 Å². The first-order valence-electron chi connectivity index (χ1n) is 6.27. The summed E-state index contributed by atoms with van der Waals surface area (Å²) in [6.07, 6.45) is 5.35. The van der Waals surface area contributed by atoms with Crippen molar-refractivity contribution in [1.29, 1.82) is 0 Å². The van der Waals surface area contributed by atoms with Crippen LogP contribution in [0.25, 0.3) is 0 Å². The highest BCUT2D eigenvalue weighted by atomic mass is 35.5. The lowest BCUT2D eigenvalue weighted by molar-refractivity contribution is 0.0915. The molecule has 17 heavy (non-hydrogen) atoms. The van der Waals surface area contributed by atoms with E-state index in [9.17, 15) is 4.79 Å². The molecule has 0 bridgehead atoms. The van der Waals surface area contributed by atoms with E-state index < -0.39 is 0 Å². The van der Waals surface area contributed by atoms with Crippen LogP contribution < -0.4 is 5.32 Å². The van der Waals surface area contributed by atoms with E-state index in [1.54, 1.807) is 12.1 Å². The average Bonchev–Trinajstić information content (AvgIpc) is 3.20. The molecule has 2 aliphatic carbocycles. The van der Waals surface area contributed by atoms with Gasteiger partial charge in [0.25, 0.3) is 5.91 Å². The van der Waals surface area contributed by atoms with Crippen LogP contribution in [-0.2, 0) is 0 Å². The molecule has 1 N–H and O–H groups in total. The summed E-state index contributed by atoms with van der Waals surface area (Å²) in [5.41, 5.74) is 0. The van der Waals surface area contributed by atoms with Crippen molar-refractivity contribution in [3.05, 3.63) is 23.1 Å². The summed E-state index contributed by atoms with van der Waals surface area (Å²) in [4.78, 5) is 11.8. The fraction of sp³-hybridized carbons (Fsp3) is 0.615. The fourth-order valence-electron chi connectivity index (χ4n) is 2.50. The molecule has 0 atom stereocenters. The van der Waals surface area contributed by atoms with Gasteiger partial charge in [0.1, 0.15) is 0 Å². The summed E-state index contributed by atoms with van der Waals surface area (Å²) in [6.45, 7) is 0.784. The lowest BCUT2D eigenvalue weighted by atomic mass is 9.98. The molecule has 1 aromatic rings. The van der Waals surface area contributed by atoms with E-state index >= 15 is 0 Å². The van der Waals surface area contributed by atoms with Gasteiger partial charge in [-0.1, -0.05) is 0 Å². The molecule has 0 aliphatic heterocycles. The second-order valence-electron chi connectivity index (χ2n) is 5.15. The molecule has 2 fully saturated rings. The van der Waals surface area contributed by atoms with Gasteiger partial charge in [0.15, 0.2) is 11.0 Å². The smallest absolute Gasteiger partial charge is 0.287 e. The van der Waals surface area contributed by atoms with Crippen LogP contribution in [0.15, 0.2) is 16.5 Å². The third kappa shape index (κ3) is 2.65. The number of nitrogens with one attached hydrogen (secondary N) is 1. The second kappa shape index (κ2) is 4.37. The fourth-order valence-corrected chi connectivity index (χ4v) is 2.65. The second-order valence-corrected chi connectivity index (χ2v) is 5.53. The minimum absolute atomic E-state index is 0.150. The summed E-state index contributed by atoms with van der Waals surface area (Å²) in [5, 5.41) is 3.22. The number of hydrogen-bond donors (Lipinski definition) is 1. The highest BCUT2D eigenvalue weighted by Gasteiger charge is 2.41. The van der Waals surface area contributed by atoms with Crippen molar-refractivity contribution < 1.29 is 9.21 Å². The lowest BCUT2D eigenvalue weighted by Crippen LogP contribution is -2.30. The lowest BCUT2D eigenvalue weighted by Gasteiger charge is -2.15. The van der Waals surface area contributed by atoms with Gasteiger partial charge in [0, 0.05) is 6.54 Å². The molecule has 2 saturated carbocycles. The average molecular weight is 254 g/mol. The van der Waals surface area contributed by atoms with Gasteiger partial charge in [-0.05, 0) is 67.2 Å². The third-order valence-electron chi connectivity index (χ3n) is 3.75. The molecular weight excluding hydrogens is 238 g/mol. The maximum absolute atomic E-state index is 11.8. The predicted molar refractivity (Wildman–Crippen MR) is 65.0 cm³/mol. The number of amides is 1. The first-order valence-corrected chi connectivity index (χ1v) is 6.65. The van der Waals surface area contributed by atoms with Crippen LogP contribution in [-0.4, -0.2) is 12.5 Å². The quantitative estimate of drug-likeness (QED) is 0.876. The van der Waals surface area contributed by atoms with E-state index in [-0.39, 0.29) is 11.1 Å². The molecule has 1 amide bonds. The molecule has 3 rings (SSSR count). The van der Waals surface area contributed by atoms with Crippen molar-refractivity contribution in [2.24, 2.45) is 17.8 Å². The van der Waals surface area contributed by atoms with Crippen molar-refractivity contribution >= 4 is 17.5 Å². The van der Waals surface area contributed by atoms with E-state index in [1.165, 1.54) is 25.7 Å². The van der Waals surface area contributed by atoms with Gasteiger partial charge >= 0.3 is 0 Å². The molecule has 0 radical (unpaired) electrons. The van der Waals surface area contributed by atoms with Gasteiger partial charge < -0.3 is 9.73 Å². The van der Waals surface area contributed by atoms with E-state index in [1.807, 2.05) is 0 Å². The Morgan fingerprint density at radius 2 is 2.00 bits per heavy atom. The van der Waals surface area contributed by atoms with Crippen molar-refractivity contribution in [1.82, 2.24) is 5.32 Å². The van der Waals surface area contributed by atoms with E-state index in [4.69, 9.17) is 16.0 Å². The topological polar surface area (TPSA) is 42.2 Å². The molecule has 2 aliphatic rings. The number of carbonyl (C=O) groups is 1. The van der Waals surface area contributed by atoms with Gasteiger partial charge in [0.05, 0.1) is 0 Å². The van der Waals surface area contributed by atoms with Crippen LogP contribution >= 0.6 is 11.6 Å². The molecule has 1 aromatic heterocycles. The Hall–Kier alpha value is -0.960. The third-order valence-corrected chi connectivity index (χ3v) is 3.95. The van der Waals surface area contributed by atoms with Crippen LogP contribution in [0.1, 0.15) is 36.2 Å². The monoisotopic (exact) mass is 253 g/mol. The summed E-state index contributed by atoms with van der Waals surface area (Å²) >= 11 is 5.64. The SMILES string of the molecule is O=C(NCC(C1CC1)C1CC1)c1ccc(Cl)o1. The molecule has 0 saturated heterocycles. The molecule has 1 heterocycles. The van der Waals surface area contributed by atoms with Crippen LogP contribution in [0.2, 0.25) is 5.22 Å². The highest BCUT2D eigenvalue weighted by molar-refractivity contribution is 6.29. The maximum Gasteiger partial charge on any atom is 0.287 e. The van der Waals surface area contributed by atoms with Crippen molar-refractivity contribution in [2.45, 2.75) is 25.7 Å². The minimum atomic E-state index is -0.150. The van der Waals surface area contributed by atoms with Crippen LogP contribution in [0.5, 0.6) is 0 Å². The number of furan rings is 1. The number of halogens is 1. The summed E-state index contributed by atoms with van der Waals surface area (Å²) in [6, 6.07) is 3.21. The number of hydrogen-bond acceptors (Lipinski definition) is 2. The minimum Gasteiger partial charge on any atom is -0.440 e. The van der Waals surface area contributed by atoms with Gasteiger partial charge in [0.2, 0.25) is 0 Å². The molecule has 0 unspecified atom stereocenters. The molecule has 92 valence electrons. The van der Waals surface area contributed by atoms with Crippen molar-refractivity contribution in [3.63, 3.8) is 0 Å². The first kappa shape index (κ1) is 11.1. The zero-order valence-electron chi connectivity index (χ0n) is 9.62. The Morgan fingerprint density at radius 3 is 2.47 bits per heavy atom. The summed E-state index contributed by atoms with van der Waals surface area (Å²) in [7, 11) is 0. The van der Waals surface area contributed by atoms with Crippen LogP contribution in [0.3, 0.4) is 0 Å². The highest BCUT2D eigenvalue weighted by Crippen LogP contribution is 2.48. The zero-order chi connectivity index (χ0) is 11.8. The first-order chi connectivity index (χ1) is 8.24. The Balaban J connectivity index is 1.54. The van der Waals surface area contributed by atoms with Gasteiger partial charge in [-0.25, -0.2) is 0 Å². The van der Waals surface area contributed by atoms with E-state index in [2.05, 4.69) is 5.32 Å². The predicted octanol–water partition coefficient (Wildman–Crippen LogP) is 3.10. The Kier molecular flexibility index (Phi) is 2.87. The molecule has 0 spiro atoms. The van der Waals surface area contributed by atoms with Crippen molar-refractivity contribution in [2.75, 3.05) is 6.54 Å². The standard InChI is InChI=1S/C13H16ClNO2/c14-12-6-5-11(17-12)13(16)15-7-10(8-1-2-8)9-3-4-9/h5-6,8-10H,1-4,7H2,(H,15,16). The number of rotatable bonds is 5. The largest absolute Gasteiger partial charge is 0.440 e. The van der Waals surface area contributed by atoms with Crippen LogP contribution in [0.4, 0.5) is 0 Å². The van der Waals surface area contributed by atoms with Crippen LogP contribution in [0, 0.1) is 17.8 Å². The van der Waals surface area contributed by atoms with E-state index in [0.29, 0.717) is 11.7 Å². The summed E-state index contributed by atoms with van der Waals surface area (Å²) < 4.78 is 5.08. The number of carbonyl (C=O) groups excluding carboxylic acids is 1. The van der Waals surface area contributed by atoms with Crippen molar-refractivity contribution in [3.8, 4) is 0 Å². The summed E-state index contributed by atoms with van der Waals surface area (Å²) in [5.74, 6) is 2.54. The molecule has 3 nitrogen and oxygen atoms in total. The molecular formula is C13H16ClNO2. The zero-order valence-corrected chi connectivity index (χ0v) is 10.4. The van der Waals surface area contributed by atoms with Gasteiger partial charge in [-0.3, -0.25) is 4.79 Å². The Morgan fingerprint density at radius 1 is 1.35 bits per heavy atom. The molecule has 4 heteroatoms. The Labute approximate surface area is 106 Å². The van der Waals surface area contributed by atoms with Gasteiger partial charge in [-0.2, -0.15) is 0 Å². The Bertz CT molecular complexity index is 409. The van der Waals surface area contributed by atoms with Gasteiger partial charge in [-0.15, -0.1) is 0 Å². The molecule has 0 aromatic carbocycles. The maximum atomic E-state index is 11.8. The normalized spacial score (nSPS) is 19.6.